The van der Waals surface area contributed by atoms with Crippen molar-refractivity contribution in [3.8, 4) is 0 Å². The Labute approximate surface area is 161 Å². The highest BCUT2D eigenvalue weighted by atomic mass is 16.5. The van der Waals surface area contributed by atoms with Gasteiger partial charge in [-0.05, 0) is 12.1 Å². The van der Waals surface area contributed by atoms with Gasteiger partial charge in [-0.1, -0.05) is 19.1 Å². The minimum absolute atomic E-state index is 0.0730. The molecule has 3 amide bonds. The second-order valence-corrected chi connectivity index (χ2v) is 5.96. The number of hydrogen-bond acceptors (Lipinski definition) is 7. The van der Waals surface area contributed by atoms with Crippen LogP contribution in [0.1, 0.15) is 24.2 Å². The van der Waals surface area contributed by atoms with Gasteiger partial charge in [0.05, 0.1) is 25.5 Å². The molecule has 4 N–H and O–H groups in total. The zero-order chi connectivity index (χ0) is 21.4. The topological polar surface area (TPSA) is 154 Å². The molecule has 0 heterocycles. The molecule has 0 aliphatic heterocycles. The number of carbonyl (C=O) groups excluding carboxylic acids is 5. The monoisotopic (exact) mass is 393 g/mol. The van der Waals surface area contributed by atoms with Crippen LogP contribution in [-0.2, 0) is 28.7 Å². The molecule has 10 heteroatoms. The van der Waals surface area contributed by atoms with Crippen molar-refractivity contribution in [2.75, 3.05) is 19.5 Å². The first-order valence-electron chi connectivity index (χ1n) is 8.26. The normalized spacial score (nSPS) is 12.5. The first-order chi connectivity index (χ1) is 13.1. The smallest absolute Gasteiger partial charge is 0.320 e. The van der Waals surface area contributed by atoms with E-state index >= 15 is 0 Å². The number of nitrogens with two attached hydrogens (primary N) is 1. The summed E-state index contributed by atoms with van der Waals surface area (Å²) in [6.45, 7) is 2.66. The summed E-state index contributed by atoms with van der Waals surface area (Å²) in [6, 6.07) is 4.72. The van der Waals surface area contributed by atoms with Crippen LogP contribution in [0.15, 0.2) is 24.3 Å². The summed E-state index contributed by atoms with van der Waals surface area (Å²) < 4.78 is 9.17. The van der Waals surface area contributed by atoms with Gasteiger partial charge in [0, 0.05) is 12.8 Å². The van der Waals surface area contributed by atoms with Gasteiger partial charge < -0.3 is 25.8 Å². The lowest BCUT2D eigenvalue weighted by Gasteiger charge is -2.27. The van der Waals surface area contributed by atoms with Crippen LogP contribution in [0.3, 0.4) is 0 Å². The number of benzene rings is 1. The van der Waals surface area contributed by atoms with E-state index in [1.54, 1.807) is 12.1 Å². The summed E-state index contributed by atoms with van der Waals surface area (Å²) in [7, 11) is 2.15. The quantitative estimate of drug-likeness (QED) is 0.409. The van der Waals surface area contributed by atoms with E-state index in [4.69, 9.17) is 5.73 Å². The van der Waals surface area contributed by atoms with Crippen molar-refractivity contribution in [3.05, 3.63) is 29.8 Å². The highest BCUT2D eigenvalue weighted by Gasteiger charge is 2.41. The number of ether oxygens (including phenoxy) is 2. The molecule has 1 rings (SSSR count). The highest BCUT2D eigenvalue weighted by molar-refractivity contribution is 6.05. The number of carbonyl (C=O) groups is 5. The Morgan fingerprint density at radius 2 is 1.54 bits per heavy atom. The van der Waals surface area contributed by atoms with Gasteiger partial charge in [-0.15, -0.1) is 0 Å². The molecule has 28 heavy (non-hydrogen) atoms. The fourth-order valence-corrected chi connectivity index (χ4v) is 2.63. The van der Waals surface area contributed by atoms with E-state index in [0.717, 1.165) is 14.2 Å². The van der Waals surface area contributed by atoms with Crippen molar-refractivity contribution in [2.24, 2.45) is 17.6 Å². The van der Waals surface area contributed by atoms with Crippen LogP contribution < -0.4 is 16.4 Å². The average molecular weight is 393 g/mol. The average Bonchev–Trinajstić information content (AvgIpc) is 2.65. The summed E-state index contributed by atoms with van der Waals surface area (Å²) in [6.07, 6.45) is 0. The molecule has 0 aliphatic rings. The molecule has 10 nitrogen and oxygen atoms in total. The lowest BCUT2D eigenvalue weighted by molar-refractivity contribution is -0.162. The van der Waals surface area contributed by atoms with Gasteiger partial charge in [0.2, 0.25) is 11.8 Å². The largest absolute Gasteiger partial charge is 0.468 e. The first-order valence-corrected chi connectivity index (χ1v) is 8.26. The summed E-state index contributed by atoms with van der Waals surface area (Å²) in [5, 5.41) is 4.90. The number of esters is 2. The first kappa shape index (κ1) is 22.6. The Bertz CT molecular complexity index is 762. The molecule has 152 valence electrons. The van der Waals surface area contributed by atoms with Crippen LogP contribution in [-0.4, -0.2) is 49.9 Å². The van der Waals surface area contributed by atoms with Crippen molar-refractivity contribution >= 4 is 35.3 Å². The SMILES string of the molecule is COC(=O)C(C(=O)OC)[C@H](C)[C@@H](NC(=O)c1ccccc1NC(C)=O)C(N)=O. The van der Waals surface area contributed by atoms with E-state index < -0.39 is 47.5 Å². The standard InChI is InChI=1S/C18H23N3O7/c1-9(13(17(25)27-3)18(26)28-4)14(15(19)23)21-16(24)11-7-5-6-8-12(11)20-10(2)22/h5-9,13-14H,1-4H3,(H2,19,23)(H,20,22)(H,21,24)/t9-,14+/m0/s1. The molecule has 0 bridgehead atoms. The van der Waals surface area contributed by atoms with Crippen molar-refractivity contribution in [2.45, 2.75) is 19.9 Å². The molecule has 0 spiro atoms. The number of rotatable bonds is 8. The minimum atomic E-state index is -1.47. The van der Waals surface area contributed by atoms with Crippen molar-refractivity contribution < 1.29 is 33.4 Å². The molecule has 2 atom stereocenters. The fourth-order valence-electron chi connectivity index (χ4n) is 2.63. The van der Waals surface area contributed by atoms with Gasteiger partial charge >= 0.3 is 11.9 Å². The van der Waals surface area contributed by atoms with Crippen molar-refractivity contribution in [1.29, 1.82) is 0 Å². The zero-order valence-electron chi connectivity index (χ0n) is 16.0. The third-order valence-corrected chi connectivity index (χ3v) is 4.04. The molecular weight excluding hydrogens is 370 g/mol. The third kappa shape index (κ3) is 5.53. The van der Waals surface area contributed by atoms with Crippen molar-refractivity contribution in [3.63, 3.8) is 0 Å². The van der Waals surface area contributed by atoms with Crippen LogP contribution in [0.2, 0.25) is 0 Å². The lowest BCUT2D eigenvalue weighted by Crippen LogP contribution is -2.53. The minimum Gasteiger partial charge on any atom is -0.468 e. The molecule has 0 saturated carbocycles. The second-order valence-electron chi connectivity index (χ2n) is 5.96. The number of nitrogens with one attached hydrogen (secondary N) is 2. The fraction of sp³-hybridized carbons (Fsp3) is 0.389. The maximum atomic E-state index is 12.7. The summed E-state index contributed by atoms with van der Waals surface area (Å²) in [5.41, 5.74) is 5.67. The third-order valence-electron chi connectivity index (χ3n) is 4.04. The van der Waals surface area contributed by atoms with E-state index in [0.29, 0.717) is 0 Å². The Balaban J connectivity index is 3.18. The van der Waals surface area contributed by atoms with Gasteiger partial charge in [0.25, 0.3) is 5.91 Å². The Hall–Kier alpha value is -3.43. The van der Waals surface area contributed by atoms with Crippen LogP contribution in [0.25, 0.3) is 0 Å². The van der Waals surface area contributed by atoms with Crippen LogP contribution in [0.5, 0.6) is 0 Å². The maximum Gasteiger partial charge on any atom is 0.320 e. The molecule has 0 radical (unpaired) electrons. The van der Waals surface area contributed by atoms with Crippen LogP contribution >= 0.6 is 0 Å². The van der Waals surface area contributed by atoms with E-state index in [1.807, 2.05) is 0 Å². The number of hydrogen-bond donors (Lipinski definition) is 3. The Kier molecular flexibility index (Phi) is 8.11. The van der Waals surface area contributed by atoms with Gasteiger partial charge in [0.1, 0.15) is 6.04 Å². The summed E-state index contributed by atoms with van der Waals surface area (Å²) in [5.74, 6) is -6.48. The second kappa shape index (κ2) is 10.0. The van der Waals surface area contributed by atoms with E-state index in [9.17, 15) is 24.0 Å². The number of anilines is 1. The van der Waals surface area contributed by atoms with E-state index in [-0.39, 0.29) is 11.3 Å². The van der Waals surface area contributed by atoms with Gasteiger partial charge in [-0.2, -0.15) is 0 Å². The molecule has 0 aromatic heterocycles. The van der Waals surface area contributed by atoms with Crippen LogP contribution in [0.4, 0.5) is 5.69 Å². The molecule has 0 saturated heterocycles. The lowest BCUT2D eigenvalue weighted by atomic mass is 9.86. The highest BCUT2D eigenvalue weighted by Crippen LogP contribution is 2.21. The molecular formula is C18H23N3O7. The molecule has 0 aliphatic carbocycles. The Morgan fingerprint density at radius 3 is 2.00 bits per heavy atom. The number of para-hydroxylation sites is 1. The predicted octanol–water partition coefficient (Wildman–Crippen LogP) is -0.173. The summed E-state index contributed by atoms with van der Waals surface area (Å²) >= 11 is 0. The summed E-state index contributed by atoms with van der Waals surface area (Å²) in [4.78, 5) is 59.9. The zero-order valence-corrected chi connectivity index (χ0v) is 16.0. The van der Waals surface area contributed by atoms with E-state index in [1.165, 1.54) is 26.0 Å². The predicted molar refractivity (Wildman–Crippen MR) is 97.9 cm³/mol. The number of methoxy groups -OCH3 is 2. The van der Waals surface area contributed by atoms with Gasteiger partial charge in [-0.25, -0.2) is 0 Å². The molecule has 0 fully saturated rings. The number of primary amides is 1. The molecule has 1 aromatic rings. The van der Waals surface area contributed by atoms with Crippen LogP contribution in [0, 0.1) is 11.8 Å². The maximum absolute atomic E-state index is 12.7. The van der Waals surface area contributed by atoms with E-state index in [2.05, 4.69) is 20.1 Å². The van der Waals surface area contributed by atoms with Crippen molar-refractivity contribution in [1.82, 2.24) is 5.32 Å². The molecule has 0 unspecified atom stereocenters. The number of amides is 3. The Morgan fingerprint density at radius 1 is 1.00 bits per heavy atom. The van der Waals surface area contributed by atoms with Gasteiger partial charge in [-0.3, -0.25) is 24.0 Å². The molecule has 1 aromatic carbocycles. The van der Waals surface area contributed by atoms with Gasteiger partial charge in [0.15, 0.2) is 5.92 Å².